The third kappa shape index (κ3) is 3.92. The molecule has 0 saturated carbocycles. The maximum Gasteiger partial charge on any atom is 0.158 e. The van der Waals surface area contributed by atoms with Gasteiger partial charge in [0.2, 0.25) is 0 Å². The summed E-state index contributed by atoms with van der Waals surface area (Å²) < 4.78 is 11.1. The Morgan fingerprint density at radius 2 is 1.91 bits per heavy atom. The van der Waals surface area contributed by atoms with Gasteiger partial charge in [0.25, 0.3) is 0 Å². The average Bonchev–Trinajstić information content (AvgIpc) is 3.05. The van der Waals surface area contributed by atoms with Crippen molar-refractivity contribution in [2.45, 2.75) is 13.1 Å². The molecule has 0 fully saturated rings. The highest BCUT2D eigenvalue weighted by Crippen LogP contribution is 2.30. The fourth-order valence-electron chi connectivity index (χ4n) is 2.36. The molecule has 0 bridgehead atoms. The van der Waals surface area contributed by atoms with Gasteiger partial charge in [-0.25, -0.2) is 0 Å². The second kappa shape index (κ2) is 7.31. The van der Waals surface area contributed by atoms with Crippen LogP contribution in [-0.2, 0) is 13.1 Å². The van der Waals surface area contributed by atoms with Gasteiger partial charge in [0.1, 0.15) is 24.6 Å². The topological polar surface area (TPSA) is 51.9 Å². The standard InChI is InChI=1S/C18H17ClN2O2/c1-22-18-4-2-14(10-16(18)19)17-5-3-15(23-17)12-21-11-13-6-8-20-9-7-13/h2-10,21H,11-12H2,1H3/p+1. The molecule has 0 aliphatic rings. The number of halogens is 1. The van der Waals surface area contributed by atoms with Gasteiger partial charge < -0.3 is 14.5 Å². The van der Waals surface area contributed by atoms with Crippen LogP contribution in [0.15, 0.2) is 59.3 Å². The summed E-state index contributed by atoms with van der Waals surface area (Å²) in [6.45, 7) is 1.68. The Morgan fingerprint density at radius 1 is 1.09 bits per heavy atom. The predicted molar refractivity (Wildman–Crippen MR) is 89.3 cm³/mol. The summed E-state index contributed by atoms with van der Waals surface area (Å²) in [5, 5.41) is 2.77. The van der Waals surface area contributed by atoms with Crippen LogP contribution in [0.25, 0.3) is 11.3 Å². The summed E-state index contributed by atoms with van der Waals surface area (Å²) in [6, 6.07) is 13.6. The van der Waals surface area contributed by atoms with Crippen molar-refractivity contribution in [2.75, 3.05) is 7.11 Å². The molecule has 4 nitrogen and oxygen atoms in total. The molecule has 3 rings (SSSR count). The lowest BCUT2D eigenvalue weighted by molar-refractivity contribution is -0.687. The van der Waals surface area contributed by atoms with E-state index in [0.717, 1.165) is 30.2 Å². The number of nitrogens with two attached hydrogens (primary N) is 1. The lowest BCUT2D eigenvalue weighted by atomic mass is 10.2. The first-order chi connectivity index (χ1) is 11.3. The molecule has 0 radical (unpaired) electrons. The van der Waals surface area contributed by atoms with Crippen LogP contribution in [0.3, 0.4) is 0 Å². The largest absolute Gasteiger partial charge is 0.495 e. The van der Waals surface area contributed by atoms with Crippen molar-refractivity contribution in [1.29, 1.82) is 0 Å². The second-order valence-corrected chi connectivity index (χ2v) is 5.57. The zero-order chi connectivity index (χ0) is 16.1. The van der Waals surface area contributed by atoms with Crippen LogP contribution in [0.1, 0.15) is 11.3 Å². The molecule has 0 aliphatic carbocycles. The lowest BCUT2D eigenvalue weighted by Crippen LogP contribution is -2.80. The van der Waals surface area contributed by atoms with E-state index in [2.05, 4.69) is 10.3 Å². The number of quaternary nitrogens is 1. The van der Waals surface area contributed by atoms with E-state index >= 15 is 0 Å². The number of nitrogens with zero attached hydrogens (tertiary/aromatic N) is 1. The molecule has 118 valence electrons. The summed E-state index contributed by atoms with van der Waals surface area (Å²) in [5.74, 6) is 2.40. The van der Waals surface area contributed by atoms with Gasteiger partial charge in [-0.2, -0.15) is 0 Å². The quantitative estimate of drug-likeness (QED) is 0.755. The SMILES string of the molecule is COc1ccc(-c2ccc(C[NH2+]Cc3ccncc3)o2)cc1Cl. The summed E-state index contributed by atoms with van der Waals surface area (Å²) in [5.41, 5.74) is 2.19. The molecular formula is C18H18ClN2O2+. The Labute approximate surface area is 140 Å². The van der Waals surface area contributed by atoms with Crippen LogP contribution >= 0.6 is 11.6 Å². The van der Waals surface area contributed by atoms with E-state index in [9.17, 15) is 0 Å². The average molecular weight is 330 g/mol. The van der Waals surface area contributed by atoms with Crippen LogP contribution in [0.4, 0.5) is 0 Å². The summed E-state index contributed by atoms with van der Waals surface area (Å²) in [6.07, 6.45) is 3.61. The number of rotatable bonds is 6. The van der Waals surface area contributed by atoms with Crippen LogP contribution in [0.5, 0.6) is 5.75 Å². The van der Waals surface area contributed by atoms with Crippen molar-refractivity contribution in [2.24, 2.45) is 0 Å². The monoisotopic (exact) mass is 329 g/mol. The first-order valence-corrected chi connectivity index (χ1v) is 7.77. The van der Waals surface area contributed by atoms with Gasteiger partial charge >= 0.3 is 0 Å². The smallest absolute Gasteiger partial charge is 0.158 e. The predicted octanol–water partition coefficient (Wildman–Crippen LogP) is 3.27. The van der Waals surface area contributed by atoms with E-state index in [1.54, 1.807) is 7.11 Å². The summed E-state index contributed by atoms with van der Waals surface area (Å²) >= 11 is 6.16. The molecule has 2 heterocycles. The third-order valence-corrected chi connectivity index (χ3v) is 3.87. The van der Waals surface area contributed by atoms with Crippen LogP contribution in [0.2, 0.25) is 5.02 Å². The van der Waals surface area contributed by atoms with Gasteiger partial charge in [0.05, 0.1) is 12.1 Å². The molecule has 0 saturated heterocycles. The molecule has 0 unspecified atom stereocenters. The van der Waals surface area contributed by atoms with Crippen LogP contribution in [0, 0.1) is 0 Å². The highest BCUT2D eigenvalue weighted by atomic mass is 35.5. The van der Waals surface area contributed by atoms with E-state index in [1.165, 1.54) is 5.56 Å². The molecule has 1 aromatic carbocycles. The number of ether oxygens (including phenoxy) is 1. The first-order valence-electron chi connectivity index (χ1n) is 7.39. The molecule has 2 aromatic heterocycles. The Bertz CT molecular complexity index is 772. The fourth-order valence-corrected chi connectivity index (χ4v) is 2.62. The van der Waals surface area contributed by atoms with Gasteiger partial charge in [-0.1, -0.05) is 11.6 Å². The maximum absolute atomic E-state index is 6.16. The zero-order valence-corrected chi connectivity index (χ0v) is 13.6. The van der Waals surface area contributed by atoms with Crippen LogP contribution < -0.4 is 10.1 Å². The van der Waals surface area contributed by atoms with Gasteiger partial charge in [0.15, 0.2) is 5.76 Å². The third-order valence-electron chi connectivity index (χ3n) is 3.57. The molecule has 3 aromatic rings. The Morgan fingerprint density at radius 3 is 2.65 bits per heavy atom. The second-order valence-electron chi connectivity index (χ2n) is 5.17. The number of benzene rings is 1. The number of furan rings is 1. The molecule has 0 aliphatic heterocycles. The fraction of sp³-hybridized carbons (Fsp3) is 0.167. The zero-order valence-electron chi connectivity index (χ0n) is 12.8. The molecule has 5 heteroatoms. The van der Waals surface area contributed by atoms with Gasteiger partial charge in [0, 0.05) is 23.5 Å². The van der Waals surface area contributed by atoms with Gasteiger partial charge in [-0.05, 0) is 42.5 Å². The van der Waals surface area contributed by atoms with Crippen LogP contribution in [-0.4, -0.2) is 12.1 Å². The molecule has 2 N–H and O–H groups in total. The summed E-state index contributed by atoms with van der Waals surface area (Å²) in [7, 11) is 1.60. The molecule has 23 heavy (non-hydrogen) atoms. The van der Waals surface area contributed by atoms with Crippen molar-refractivity contribution in [3.05, 3.63) is 71.2 Å². The maximum atomic E-state index is 6.16. The lowest BCUT2D eigenvalue weighted by Gasteiger charge is -2.04. The molecular weight excluding hydrogens is 312 g/mol. The highest BCUT2D eigenvalue weighted by molar-refractivity contribution is 6.32. The van der Waals surface area contributed by atoms with E-state index in [0.29, 0.717) is 10.8 Å². The molecule has 0 spiro atoms. The molecule has 0 atom stereocenters. The number of pyridine rings is 1. The Hall–Kier alpha value is -2.30. The normalized spacial score (nSPS) is 10.7. The minimum atomic E-state index is 0.576. The Kier molecular flexibility index (Phi) is 4.95. The number of hydrogen-bond donors (Lipinski definition) is 1. The van der Waals surface area contributed by atoms with Crippen molar-refractivity contribution in [1.82, 2.24) is 4.98 Å². The Balaban J connectivity index is 1.63. The van der Waals surface area contributed by atoms with E-state index < -0.39 is 0 Å². The van der Waals surface area contributed by atoms with E-state index in [4.69, 9.17) is 20.8 Å². The van der Waals surface area contributed by atoms with Crippen molar-refractivity contribution < 1.29 is 14.5 Å². The minimum absolute atomic E-state index is 0.576. The van der Waals surface area contributed by atoms with Crippen molar-refractivity contribution in [3.8, 4) is 17.1 Å². The first kappa shape index (κ1) is 15.6. The minimum Gasteiger partial charge on any atom is -0.495 e. The van der Waals surface area contributed by atoms with Crippen molar-refractivity contribution in [3.63, 3.8) is 0 Å². The van der Waals surface area contributed by atoms with E-state index in [1.807, 2.05) is 54.9 Å². The number of aromatic nitrogens is 1. The highest BCUT2D eigenvalue weighted by Gasteiger charge is 2.09. The van der Waals surface area contributed by atoms with Gasteiger partial charge in [-0.3, -0.25) is 4.98 Å². The summed E-state index contributed by atoms with van der Waals surface area (Å²) in [4.78, 5) is 4.02. The van der Waals surface area contributed by atoms with Gasteiger partial charge in [-0.15, -0.1) is 0 Å². The number of hydrogen-bond acceptors (Lipinski definition) is 3. The van der Waals surface area contributed by atoms with E-state index in [-0.39, 0.29) is 0 Å². The van der Waals surface area contributed by atoms with Crippen molar-refractivity contribution >= 4 is 11.6 Å². The number of methoxy groups -OCH3 is 1. The molecule has 0 amide bonds.